The average molecular weight is 305 g/mol. The lowest BCUT2D eigenvalue weighted by atomic mass is 9.83. The normalized spacial score (nSPS) is 24.4. The summed E-state index contributed by atoms with van der Waals surface area (Å²) in [6.07, 6.45) is 8.24. The van der Waals surface area contributed by atoms with Crippen LogP contribution in [0.1, 0.15) is 51.9 Å². The molecule has 4 nitrogen and oxygen atoms in total. The van der Waals surface area contributed by atoms with E-state index in [0.29, 0.717) is 5.41 Å². The summed E-state index contributed by atoms with van der Waals surface area (Å²) < 4.78 is 5.50. The highest BCUT2D eigenvalue weighted by molar-refractivity contribution is 5.85. The Kier molecular flexibility index (Phi) is 7.85. The third kappa shape index (κ3) is 4.90. The molecule has 1 saturated heterocycles. The van der Waals surface area contributed by atoms with Crippen molar-refractivity contribution in [1.29, 1.82) is 0 Å². The second-order valence-electron chi connectivity index (χ2n) is 6.02. The molecule has 0 aromatic rings. The van der Waals surface area contributed by atoms with Crippen LogP contribution in [0.15, 0.2) is 0 Å². The Bertz CT molecular complexity index is 288. The van der Waals surface area contributed by atoms with Crippen LogP contribution < -0.4 is 10.6 Å². The molecule has 2 rings (SSSR count). The summed E-state index contributed by atoms with van der Waals surface area (Å²) in [7, 11) is 0. The topological polar surface area (TPSA) is 50.4 Å². The molecule has 5 heteroatoms. The lowest BCUT2D eigenvalue weighted by molar-refractivity contribution is -0.123. The van der Waals surface area contributed by atoms with E-state index in [1.807, 2.05) is 6.92 Å². The van der Waals surface area contributed by atoms with E-state index in [9.17, 15) is 4.79 Å². The first kappa shape index (κ1) is 17.7. The van der Waals surface area contributed by atoms with Gasteiger partial charge in [0.1, 0.15) is 0 Å². The van der Waals surface area contributed by atoms with Gasteiger partial charge in [-0.25, -0.2) is 0 Å². The summed E-state index contributed by atoms with van der Waals surface area (Å²) in [5, 5.41) is 6.44. The van der Waals surface area contributed by atoms with Crippen LogP contribution in [0.3, 0.4) is 0 Å². The predicted octanol–water partition coefficient (Wildman–Crippen LogP) is 2.26. The molecule has 20 heavy (non-hydrogen) atoms. The molecule has 0 aromatic heterocycles. The largest absolute Gasteiger partial charge is 0.382 e. The minimum Gasteiger partial charge on any atom is -0.382 e. The molecule has 2 aliphatic rings. The van der Waals surface area contributed by atoms with Gasteiger partial charge in [-0.05, 0) is 51.0 Å². The minimum absolute atomic E-state index is 0. The van der Waals surface area contributed by atoms with Gasteiger partial charge < -0.3 is 15.4 Å². The molecule has 1 atom stereocenters. The molecule has 1 saturated carbocycles. The number of hydrogen-bond donors (Lipinski definition) is 2. The third-order valence-electron chi connectivity index (χ3n) is 4.66. The first-order chi connectivity index (χ1) is 9.26. The summed E-state index contributed by atoms with van der Waals surface area (Å²) in [4.78, 5) is 12.1. The number of rotatable bonds is 7. The zero-order chi connectivity index (χ0) is 13.6. The van der Waals surface area contributed by atoms with Crippen molar-refractivity contribution in [1.82, 2.24) is 10.6 Å². The van der Waals surface area contributed by atoms with Crippen molar-refractivity contribution in [2.45, 2.75) is 57.9 Å². The average Bonchev–Trinajstić information content (AvgIpc) is 3.08. The van der Waals surface area contributed by atoms with Crippen molar-refractivity contribution < 1.29 is 9.53 Å². The zero-order valence-corrected chi connectivity index (χ0v) is 13.4. The summed E-state index contributed by atoms with van der Waals surface area (Å²) in [5.74, 6) is 0.195. The number of nitrogens with one attached hydrogen (secondary N) is 2. The van der Waals surface area contributed by atoms with Crippen LogP contribution in [0, 0.1) is 5.41 Å². The van der Waals surface area contributed by atoms with Gasteiger partial charge in [-0.3, -0.25) is 4.79 Å². The predicted molar refractivity (Wildman–Crippen MR) is 83.3 cm³/mol. The molecule has 0 bridgehead atoms. The zero-order valence-electron chi connectivity index (χ0n) is 12.6. The molecule has 2 N–H and O–H groups in total. The Morgan fingerprint density at radius 1 is 1.35 bits per heavy atom. The molecular formula is C15H29ClN2O2. The van der Waals surface area contributed by atoms with E-state index in [4.69, 9.17) is 4.74 Å². The summed E-state index contributed by atoms with van der Waals surface area (Å²) in [6.45, 7) is 5.46. The summed E-state index contributed by atoms with van der Waals surface area (Å²) >= 11 is 0. The van der Waals surface area contributed by atoms with E-state index in [0.717, 1.165) is 45.6 Å². The molecule has 2 fully saturated rings. The molecule has 118 valence electrons. The van der Waals surface area contributed by atoms with E-state index in [1.165, 1.54) is 25.7 Å². The van der Waals surface area contributed by atoms with Crippen molar-refractivity contribution in [3.8, 4) is 0 Å². The van der Waals surface area contributed by atoms with Crippen molar-refractivity contribution >= 4 is 18.3 Å². The molecule has 1 aliphatic heterocycles. The Balaban J connectivity index is 0.00000200. The van der Waals surface area contributed by atoms with Crippen LogP contribution in [-0.2, 0) is 9.53 Å². The molecule has 0 radical (unpaired) electrons. The lowest BCUT2D eigenvalue weighted by Crippen LogP contribution is -2.44. The van der Waals surface area contributed by atoms with Gasteiger partial charge in [0.25, 0.3) is 0 Å². The van der Waals surface area contributed by atoms with Gasteiger partial charge in [-0.2, -0.15) is 0 Å². The highest BCUT2D eigenvalue weighted by Gasteiger charge is 2.34. The van der Waals surface area contributed by atoms with E-state index in [2.05, 4.69) is 10.6 Å². The first-order valence-corrected chi connectivity index (χ1v) is 7.85. The monoisotopic (exact) mass is 304 g/mol. The molecular weight excluding hydrogens is 276 g/mol. The van der Waals surface area contributed by atoms with Crippen molar-refractivity contribution in [2.75, 3.05) is 26.3 Å². The number of carbonyl (C=O) groups excluding carboxylic acids is 1. The van der Waals surface area contributed by atoms with Crippen molar-refractivity contribution in [2.24, 2.45) is 5.41 Å². The second-order valence-corrected chi connectivity index (χ2v) is 6.02. The van der Waals surface area contributed by atoms with Crippen molar-refractivity contribution in [3.05, 3.63) is 0 Å². The van der Waals surface area contributed by atoms with Crippen molar-refractivity contribution in [3.63, 3.8) is 0 Å². The molecule has 0 aromatic carbocycles. The van der Waals surface area contributed by atoms with Gasteiger partial charge in [0, 0.05) is 19.8 Å². The van der Waals surface area contributed by atoms with Crippen LogP contribution in [0.25, 0.3) is 0 Å². The molecule has 1 unspecified atom stereocenters. The lowest BCUT2D eigenvalue weighted by Gasteiger charge is -2.29. The highest BCUT2D eigenvalue weighted by Crippen LogP contribution is 2.40. The highest BCUT2D eigenvalue weighted by atomic mass is 35.5. The fourth-order valence-corrected chi connectivity index (χ4v) is 3.38. The Morgan fingerprint density at radius 3 is 2.70 bits per heavy atom. The maximum atomic E-state index is 12.1. The van der Waals surface area contributed by atoms with Crippen LogP contribution in [-0.4, -0.2) is 38.3 Å². The van der Waals surface area contributed by atoms with Crippen LogP contribution >= 0.6 is 12.4 Å². The maximum absolute atomic E-state index is 12.1. The fourth-order valence-electron chi connectivity index (χ4n) is 3.38. The van der Waals surface area contributed by atoms with Crippen LogP contribution in [0.5, 0.6) is 0 Å². The number of hydrogen-bond acceptors (Lipinski definition) is 3. The number of amides is 1. The third-order valence-corrected chi connectivity index (χ3v) is 4.66. The first-order valence-electron chi connectivity index (χ1n) is 7.85. The van der Waals surface area contributed by atoms with Gasteiger partial charge in [0.2, 0.25) is 5.91 Å². The Labute approximate surface area is 128 Å². The van der Waals surface area contributed by atoms with E-state index in [-0.39, 0.29) is 24.4 Å². The van der Waals surface area contributed by atoms with Gasteiger partial charge in [-0.1, -0.05) is 12.8 Å². The maximum Gasteiger partial charge on any atom is 0.237 e. The van der Waals surface area contributed by atoms with Crippen LogP contribution in [0.4, 0.5) is 0 Å². The smallest absolute Gasteiger partial charge is 0.237 e. The fraction of sp³-hybridized carbons (Fsp3) is 0.933. The van der Waals surface area contributed by atoms with Crippen LogP contribution in [0.2, 0.25) is 0 Å². The SMILES string of the molecule is CCOCCC1(CNC(=O)C2CCCN2)CCCC1.Cl. The number of ether oxygens (including phenoxy) is 1. The quantitative estimate of drug-likeness (QED) is 0.709. The van der Waals surface area contributed by atoms with Gasteiger partial charge in [0.05, 0.1) is 6.04 Å². The van der Waals surface area contributed by atoms with E-state index < -0.39 is 0 Å². The Hall–Kier alpha value is -0.320. The summed E-state index contributed by atoms with van der Waals surface area (Å²) in [5.41, 5.74) is 0.295. The van der Waals surface area contributed by atoms with Gasteiger partial charge in [-0.15, -0.1) is 12.4 Å². The number of halogens is 1. The second kappa shape index (κ2) is 8.85. The molecule has 1 aliphatic carbocycles. The standard InChI is InChI=1S/C15H28N2O2.ClH/c1-2-19-11-9-15(7-3-4-8-15)12-17-14(18)13-6-5-10-16-13;/h13,16H,2-12H2,1H3,(H,17,18);1H. The molecule has 0 spiro atoms. The molecule has 1 amide bonds. The van der Waals surface area contributed by atoms with E-state index >= 15 is 0 Å². The Morgan fingerprint density at radius 2 is 2.10 bits per heavy atom. The molecule has 1 heterocycles. The van der Waals surface area contributed by atoms with Gasteiger partial charge >= 0.3 is 0 Å². The minimum atomic E-state index is 0. The summed E-state index contributed by atoms with van der Waals surface area (Å²) in [6, 6.07) is 0.0466. The van der Waals surface area contributed by atoms with Gasteiger partial charge in [0.15, 0.2) is 0 Å². The van der Waals surface area contributed by atoms with E-state index in [1.54, 1.807) is 0 Å². The number of carbonyl (C=O) groups is 1.